The van der Waals surface area contributed by atoms with Gasteiger partial charge in [-0.1, -0.05) is 48.5 Å². The van der Waals surface area contributed by atoms with Crippen LogP contribution in [0.1, 0.15) is 10.4 Å². The van der Waals surface area contributed by atoms with E-state index in [1.54, 1.807) is 54.6 Å². The molecule has 9 nitrogen and oxygen atoms in total. The highest BCUT2D eigenvalue weighted by Gasteiger charge is 2.27. The lowest BCUT2D eigenvalue weighted by atomic mass is 10.1. The van der Waals surface area contributed by atoms with Crippen molar-refractivity contribution in [3.8, 4) is 27.6 Å². The number of carbonyl (C=O) groups excluding carboxylic acids is 1. The van der Waals surface area contributed by atoms with E-state index >= 15 is 0 Å². The Bertz CT molecular complexity index is 1990. The van der Waals surface area contributed by atoms with Crippen molar-refractivity contribution < 1.29 is 14.4 Å². The summed E-state index contributed by atoms with van der Waals surface area (Å²) in [4.78, 5) is 42.7. The van der Waals surface area contributed by atoms with Crippen molar-refractivity contribution in [3.05, 3.63) is 129 Å². The van der Waals surface area contributed by atoms with Crippen LogP contribution < -0.4 is 10.2 Å². The van der Waals surface area contributed by atoms with E-state index in [9.17, 15) is 19.7 Å². The van der Waals surface area contributed by atoms with Crippen LogP contribution in [0, 0.1) is 10.1 Å². The minimum absolute atomic E-state index is 0.108. The molecule has 0 atom stereocenters. The molecule has 2 aromatic heterocycles. The number of rotatable bonds is 5. The van der Waals surface area contributed by atoms with Gasteiger partial charge in [-0.2, -0.15) is 0 Å². The number of hydrogen-bond donors (Lipinski definition) is 0. The Morgan fingerprint density at radius 1 is 0.900 bits per heavy atom. The van der Waals surface area contributed by atoms with Gasteiger partial charge in [0, 0.05) is 27.6 Å². The molecule has 0 amide bonds. The number of nitrogens with zero attached hydrogens (tertiary/aromatic N) is 5. The summed E-state index contributed by atoms with van der Waals surface area (Å²) in [6.45, 7) is 0. The number of hydrogen-bond acceptors (Lipinski definition) is 8. The molecule has 0 radical (unpaired) electrons. The summed E-state index contributed by atoms with van der Waals surface area (Å²) in [7, 11) is 0. The molecule has 4 aromatic carbocycles. The Hall–Kier alpha value is -5.13. The van der Waals surface area contributed by atoms with Gasteiger partial charge in [-0.3, -0.25) is 30.8 Å². The molecular weight excluding hydrogens is 546 g/mol. The molecule has 0 saturated heterocycles. The zero-order chi connectivity index (χ0) is 27.8. The van der Waals surface area contributed by atoms with Gasteiger partial charge in [-0.05, 0) is 52.2 Å². The SMILES string of the molecule is O=C(c1ccc(-n2c(-c3ccccc3)nc3ccccc3c2=O)cc1)[n+]1nc([S-])sc1-c1cccc([N+](=O)[O-])c1. The fourth-order valence-corrected chi connectivity index (χ4v) is 5.43. The fraction of sp³-hybridized carbons (Fsp3) is 0. The smallest absolute Gasteiger partial charge is 0.402 e. The first kappa shape index (κ1) is 25.2. The average molecular weight is 564 g/mol. The lowest BCUT2D eigenvalue weighted by molar-refractivity contribution is -0.621. The second-order valence-corrected chi connectivity index (χ2v) is 10.3. The van der Waals surface area contributed by atoms with E-state index in [2.05, 4.69) is 5.10 Å². The van der Waals surface area contributed by atoms with E-state index < -0.39 is 10.8 Å². The number of nitro groups is 1. The van der Waals surface area contributed by atoms with Crippen molar-refractivity contribution in [3.63, 3.8) is 0 Å². The van der Waals surface area contributed by atoms with Crippen LogP contribution in [0.3, 0.4) is 0 Å². The highest BCUT2D eigenvalue weighted by Crippen LogP contribution is 2.27. The zero-order valence-electron chi connectivity index (χ0n) is 20.5. The summed E-state index contributed by atoms with van der Waals surface area (Å²) in [5.41, 5.74) is 2.29. The summed E-state index contributed by atoms with van der Waals surface area (Å²) in [6.07, 6.45) is 0. The first-order valence-corrected chi connectivity index (χ1v) is 13.2. The summed E-state index contributed by atoms with van der Waals surface area (Å²) in [5.74, 6) is 0.00799. The number of benzene rings is 4. The molecule has 0 bridgehead atoms. The number of fused-ring (bicyclic) bond motifs is 1. The molecule has 0 saturated carbocycles. The van der Waals surface area contributed by atoms with Crippen LogP contribution in [0.5, 0.6) is 0 Å². The summed E-state index contributed by atoms with van der Waals surface area (Å²) < 4.78 is 2.89. The van der Waals surface area contributed by atoms with Gasteiger partial charge in [0.15, 0.2) is 0 Å². The molecular formula is C29H17N5O4S2. The first-order chi connectivity index (χ1) is 19.4. The predicted octanol–water partition coefficient (Wildman–Crippen LogP) is 4.97. The Morgan fingerprint density at radius 2 is 1.60 bits per heavy atom. The molecule has 11 heteroatoms. The Labute approximate surface area is 236 Å². The lowest BCUT2D eigenvalue weighted by Gasteiger charge is -2.14. The van der Waals surface area contributed by atoms with Gasteiger partial charge in [-0.15, -0.1) is 0 Å². The molecule has 0 aliphatic heterocycles. The average Bonchev–Trinajstić information content (AvgIpc) is 3.39. The van der Waals surface area contributed by atoms with Gasteiger partial charge in [0.1, 0.15) is 5.82 Å². The summed E-state index contributed by atoms with van der Waals surface area (Å²) >= 11 is 6.31. The molecule has 194 valence electrons. The Kier molecular flexibility index (Phi) is 6.42. The first-order valence-electron chi connectivity index (χ1n) is 12.0. The van der Waals surface area contributed by atoms with Gasteiger partial charge >= 0.3 is 5.91 Å². The monoisotopic (exact) mass is 563 g/mol. The molecule has 6 rings (SSSR count). The number of nitro benzene ring substituents is 1. The largest absolute Gasteiger partial charge is 0.449 e. The van der Waals surface area contributed by atoms with Crippen LogP contribution in [0.4, 0.5) is 5.69 Å². The van der Waals surface area contributed by atoms with Crippen molar-refractivity contribution in [2.24, 2.45) is 0 Å². The van der Waals surface area contributed by atoms with E-state index in [-0.39, 0.29) is 15.6 Å². The van der Waals surface area contributed by atoms with E-state index in [0.29, 0.717) is 38.5 Å². The normalized spacial score (nSPS) is 11.0. The predicted molar refractivity (Wildman–Crippen MR) is 153 cm³/mol. The maximum atomic E-state index is 13.6. The van der Waals surface area contributed by atoms with Crippen molar-refractivity contribution in [2.45, 2.75) is 4.34 Å². The van der Waals surface area contributed by atoms with Gasteiger partial charge in [0.05, 0.1) is 27.1 Å². The third-order valence-electron chi connectivity index (χ3n) is 6.23. The Balaban J connectivity index is 1.43. The van der Waals surface area contributed by atoms with E-state index in [0.717, 1.165) is 21.6 Å². The maximum Gasteiger partial charge on any atom is 0.449 e. The third kappa shape index (κ3) is 4.53. The summed E-state index contributed by atoms with van der Waals surface area (Å²) in [6, 6.07) is 29.0. The molecule has 0 aliphatic carbocycles. The maximum absolute atomic E-state index is 13.6. The number of carbonyl (C=O) groups is 1. The highest BCUT2D eigenvalue weighted by atomic mass is 32.2. The van der Waals surface area contributed by atoms with Crippen LogP contribution in [-0.4, -0.2) is 25.5 Å². The van der Waals surface area contributed by atoms with Gasteiger partial charge in [0.25, 0.3) is 11.2 Å². The van der Waals surface area contributed by atoms with Crippen LogP contribution in [-0.2, 0) is 12.6 Å². The quantitative estimate of drug-likeness (QED) is 0.126. The molecule has 0 fully saturated rings. The second-order valence-electron chi connectivity index (χ2n) is 8.70. The molecule has 0 aliphatic rings. The van der Waals surface area contributed by atoms with Crippen molar-refractivity contribution >= 4 is 46.5 Å². The van der Waals surface area contributed by atoms with Gasteiger partial charge < -0.3 is 12.6 Å². The highest BCUT2D eigenvalue weighted by molar-refractivity contribution is 7.62. The Morgan fingerprint density at radius 3 is 2.35 bits per heavy atom. The standard InChI is InChI=1S/C29H17N5O4S2/c35-26(33-28(40-29(39)31-33)20-9-6-10-22(17-20)34(37)38)19-13-15-21(16-14-19)32-25(18-7-2-1-3-8-18)30-24-12-5-4-11-23(24)27(32)36/h1-17H. The molecule has 40 heavy (non-hydrogen) atoms. The van der Waals surface area contributed by atoms with E-state index in [1.165, 1.54) is 16.7 Å². The van der Waals surface area contributed by atoms with Gasteiger partial charge in [0.2, 0.25) is 5.01 Å². The molecule has 0 unspecified atom stereocenters. The van der Waals surface area contributed by atoms with Crippen LogP contribution in [0.2, 0.25) is 0 Å². The van der Waals surface area contributed by atoms with E-state index in [1.807, 2.05) is 36.4 Å². The minimum Gasteiger partial charge on any atom is -0.402 e. The fourth-order valence-electron chi connectivity index (χ4n) is 4.37. The second kappa shape index (κ2) is 10.2. The lowest BCUT2D eigenvalue weighted by Crippen LogP contribution is -2.46. The summed E-state index contributed by atoms with van der Waals surface area (Å²) in [5, 5.41) is 16.3. The zero-order valence-corrected chi connectivity index (χ0v) is 22.1. The van der Waals surface area contributed by atoms with Crippen LogP contribution >= 0.6 is 11.3 Å². The van der Waals surface area contributed by atoms with E-state index in [4.69, 9.17) is 17.6 Å². The topological polar surface area (TPSA) is 112 Å². The molecule has 0 N–H and O–H groups in total. The van der Waals surface area contributed by atoms with Crippen LogP contribution in [0.15, 0.2) is 112 Å². The minimum atomic E-state index is -0.503. The van der Waals surface area contributed by atoms with Crippen LogP contribution in [0.25, 0.3) is 38.5 Å². The van der Waals surface area contributed by atoms with Crippen molar-refractivity contribution in [2.75, 3.05) is 0 Å². The number of para-hydroxylation sites is 1. The molecule has 0 spiro atoms. The van der Waals surface area contributed by atoms with Crippen molar-refractivity contribution in [1.29, 1.82) is 0 Å². The molecule has 6 aromatic rings. The molecule has 2 heterocycles. The number of non-ortho nitro benzene ring substituents is 1. The van der Waals surface area contributed by atoms with Gasteiger partial charge in [-0.25, -0.2) is 9.78 Å². The number of aromatic nitrogens is 4. The third-order valence-corrected chi connectivity index (χ3v) is 7.42. The van der Waals surface area contributed by atoms with Crippen molar-refractivity contribution in [1.82, 2.24) is 14.6 Å².